The van der Waals surface area contributed by atoms with Crippen molar-refractivity contribution in [3.63, 3.8) is 0 Å². The van der Waals surface area contributed by atoms with Crippen molar-refractivity contribution in [1.82, 2.24) is 20.8 Å². The first-order valence-electron chi connectivity index (χ1n) is 8.36. The molecule has 1 aromatic carbocycles. The number of rotatable bonds is 4. The van der Waals surface area contributed by atoms with E-state index in [2.05, 4.69) is 26.1 Å². The van der Waals surface area contributed by atoms with Crippen LogP contribution in [-0.2, 0) is 11.2 Å². The van der Waals surface area contributed by atoms with Gasteiger partial charge in [-0.2, -0.15) is 0 Å². The number of aromatic amines is 1. The molecule has 0 bridgehead atoms. The highest BCUT2D eigenvalue weighted by molar-refractivity contribution is 7.80. The van der Waals surface area contributed by atoms with Crippen molar-refractivity contribution in [2.45, 2.75) is 20.3 Å². The maximum absolute atomic E-state index is 12.3. The van der Waals surface area contributed by atoms with Gasteiger partial charge in [0.2, 0.25) is 5.91 Å². The highest BCUT2D eigenvalue weighted by atomic mass is 32.1. The van der Waals surface area contributed by atoms with Gasteiger partial charge in [-0.05, 0) is 43.8 Å². The number of hydrazine groups is 1. The summed E-state index contributed by atoms with van der Waals surface area (Å²) in [5.74, 6) is 0.591. The number of benzene rings is 1. The molecule has 0 aliphatic carbocycles. The second-order valence-corrected chi connectivity index (χ2v) is 7.62. The number of ether oxygens (including phenoxy) is 1. The Morgan fingerprint density at radius 2 is 2.11 bits per heavy atom. The molecule has 10 heteroatoms. The molecule has 0 saturated carbocycles. The minimum absolute atomic E-state index is 0.0874. The number of methoxy groups -OCH3 is 1. The number of anilines is 1. The molecule has 0 atom stereocenters. The smallest absolute Gasteiger partial charge is 0.259 e. The number of nitrogens with one attached hydrogen (secondary N) is 4. The topological polar surface area (TPSA) is 108 Å². The van der Waals surface area contributed by atoms with Crippen molar-refractivity contribution in [3.8, 4) is 5.75 Å². The van der Waals surface area contributed by atoms with Gasteiger partial charge in [-0.25, -0.2) is 4.98 Å². The highest BCUT2D eigenvalue weighted by Gasteiger charge is 2.13. The van der Waals surface area contributed by atoms with E-state index in [9.17, 15) is 9.59 Å². The molecule has 146 valence electrons. The monoisotopic (exact) mass is 417 g/mol. The SMILES string of the molecule is COc1cccc(NC(=S)NNC(=O)Cc2nc3sc(C)c(C)c3c(=O)[nH]2)c1. The first kappa shape index (κ1) is 19.8. The Hall–Kier alpha value is -2.98. The molecule has 28 heavy (non-hydrogen) atoms. The number of amides is 1. The zero-order chi connectivity index (χ0) is 20.3. The van der Waals surface area contributed by atoms with Gasteiger partial charge in [-0.1, -0.05) is 6.07 Å². The van der Waals surface area contributed by atoms with Gasteiger partial charge in [-0.15, -0.1) is 11.3 Å². The molecule has 0 aliphatic rings. The van der Waals surface area contributed by atoms with Gasteiger partial charge in [-0.3, -0.25) is 20.4 Å². The van der Waals surface area contributed by atoms with Gasteiger partial charge in [0.15, 0.2) is 5.11 Å². The lowest BCUT2D eigenvalue weighted by atomic mass is 10.2. The van der Waals surface area contributed by atoms with E-state index >= 15 is 0 Å². The van der Waals surface area contributed by atoms with E-state index in [1.165, 1.54) is 11.3 Å². The summed E-state index contributed by atoms with van der Waals surface area (Å²) in [6.45, 7) is 3.82. The number of nitrogens with zero attached hydrogens (tertiary/aromatic N) is 1. The number of fused-ring (bicyclic) bond motifs is 1. The van der Waals surface area contributed by atoms with Crippen LogP contribution >= 0.6 is 23.6 Å². The Balaban J connectivity index is 1.59. The highest BCUT2D eigenvalue weighted by Crippen LogP contribution is 2.25. The van der Waals surface area contributed by atoms with E-state index < -0.39 is 0 Å². The second-order valence-electron chi connectivity index (χ2n) is 6.01. The van der Waals surface area contributed by atoms with Crippen LogP contribution in [0.5, 0.6) is 5.75 Å². The summed E-state index contributed by atoms with van der Waals surface area (Å²) in [5, 5.41) is 3.72. The minimum Gasteiger partial charge on any atom is -0.497 e. The second kappa shape index (κ2) is 8.36. The zero-order valence-electron chi connectivity index (χ0n) is 15.5. The number of hydrogen-bond acceptors (Lipinski definition) is 6. The third-order valence-corrected chi connectivity index (χ3v) is 5.36. The van der Waals surface area contributed by atoms with Crippen molar-refractivity contribution in [2.75, 3.05) is 12.4 Å². The van der Waals surface area contributed by atoms with Crippen LogP contribution in [0.2, 0.25) is 0 Å². The number of H-pyrrole nitrogens is 1. The molecular formula is C18H19N5O3S2. The lowest BCUT2D eigenvalue weighted by Crippen LogP contribution is -2.44. The fraction of sp³-hybridized carbons (Fsp3) is 0.222. The van der Waals surface area contributed by atoms with E-state index in [1.54, 1.807) is 13.2 Å². The van der Waals surface area contributed by atoms with E-state index in [-0.39, 0.29) is 23.0 Å². The largest absolute Gasteiger partial charge is 0.497 e. The lowest BCUT2D eigenvalue weighted by molar-refractivity contribution is -0.121. The van der Waals surface area contributed by atoms with E-state index in [0.29, 0.717) is 27.5 Å². The summed E-state index contributed by atoms with van der Waals surface area (Å²) in [5.41, 5.74) is 6.49. The Morgan fingerprint density at radius 3 is 2.86 bits per heavy atom. The van der Waals surface area contributed by atoms with Gasteiger partial charge in [0.05, 0.1) is 18.9 Å². The third-order valence-electron chi connectivity index (χ3n) is 4.06. The van der Waals surface area contributed by atoms with Gasteiger partial charge in [0.25, 0.3) is 5.56 Å². The maximum Gasteiger partial charge on any atom is 0.259 e. The van der Waals surface area contributed by atoms with Crippen LogP contribution in [0.25, 0.3) is 10.2 Å². The Kier molecular flexibility index (Phi) is 5.90. The summed E-state index contributed by atoms with van der Waals surface area (Å²) in [6.07, 6.45) is -0.0874. The molecule has 4 N–H and O–H groups in total. The van der Waals surface area contributed by atoms with Gasteiger partial charge >= 0.3 is 0 Å². The predicted octanol–water partition coefficient (Wildman–Crippen LogP) is 2.17. The van der Waals surface area contributed by atoms with Crippen molar-refractivity contribution < 1.29 is 9.53 Å². The number of aryl methyl sites for hydroxylation is 2. The van der Waals surface area contributed by atoms with Crippen LogP contribution in [0.15, 0.2) is 29.1 Å². The van der Waals surface area contributed by atoms with Crippen LogP contribution < -0.4 is 26.5 Å². The fourth-order valence-corrected chi connectivity index (χ4v) is 3.79. The van der Waals surface area contributed by atoms with Crippen molar-refractivity contribution >= 4 is 50.5 Å². The van der Waals surface area contributed by atoms with Crippen LogP contribution in [0, 0.1) is 13.8 Å². The lowest BCUT2D eigenvalue weighted by Gasteiger charge is -2.12. The molecule has 8 nitrogen and oxygen atoms in total. The summed E-state index contributed by atoms with van der Waals surface area (Å²) >= 11 is 6.59. The molecule has 0 spiro atoms. The Labute approximate surface area is 170 Å². The number of carbonyl (C=O) groups excluding carboxylic acids is 1. The molecule has 0 radical (unpaired) electrons. The number of thiophene rings is 1. The molecule has 3 rings (SSSR count). The maximum atomic E-state index is 12.3. The van der Waals surface area contributed by atoms with E-state index in [1.807, 2.05) is 32.0 Å². The molecule has 0 unspecified atom stereocenters. The number of hydrogen-bond donors (Lipinski definition) is 4. The molecule has 0 fully saturated rings. The summed E-state index contributed by atoms with van der Waals surface area (Å²) < 4.78 is 5.14. The van der Waals surface area contributed by atoms with Gasteiger partial charge in [0, 0.05) is 16.6 Å². The molecule has 0 saturated heterocycles. The van der Waals surface area contributed by atoms with Crippen LogP contribution in [-0.4, -0.2) is 28.1 Å². The fourth-order valence-electron chi connectivity index (χ4n) is 2.57. The molecule has 0 aliphatic heterocycles. The molecule has 2 aromatic heterocycles. The number of thiocarbonyl (C=S) groups is 1. The van der Waals surface area contributed by atoms with Crippen molar-refractivity contribution in [3.05, 3.63) is 50.9 Å². The summed E-state index contributed by atoms with van der Waals surface area (Å²) in [6, 6.07) is 7.21. The molecular weight excluding hydrogens is 398 g/mol. The Bertz CT molecular complexity index is 1110. The molecule has 3 aromatic rings. The van der Waals surface area contributed by atoms with Crippen LogP contribution in [0.1, 0.15) is 16.3 Å². The third kappa shape index (κ3) is 4.46. The predicted molar refractivity (Wildman–Crippen MR) is 114 cm³/mol. The standard InChI is InChI=1S/C18H19N5O3S2/c1-9-10(2)28-17-15(9)16(25)20-13(21-17)8-14(24)22-23-18(27)19-11-5-4-6-12(7-11)26-3/h4-7H,8H2,1-3H3,(H,22,24)(H2,19,23,27)(H,20,21,25). The average Bonchev–Trinajstić information content (AvgIpc) is 2.94. The number of aromatic nitrogens is 2. The van der Waals surface area contributed by atoms with E-state index in [4.69, 9.17) is 17.0 Å². The zero-order valence-corrected chi connectivity index (χ0v) is 17.1. The average molecular weight is 418 g/mol. The van der Waals surface area contributed by atoms with Gasteiger partial charge < -0.3 is 15.0 Å². The Morgan fingerprint density at radius 1 is 1.32 bits per heavy atom. The summed E-state index contributed by atoms with van der Waals surface area (Å²) in [7, 11) is 1.57. The van der Waals surface area contributed by atoms with Gasteiger partial charge in [0.1, 0.15) is 16.4 Å². The first-order valence-corrected chi connectivity index (χ1v) is 9.58. The number of carbonyl (C=O) groups is 1. The molecule has 1 amide bonds. The normalized spacial score (nSPS) is 10.5. The summed E-state index contributed by atoms with van der Waals surface area (Å²) in [4.78, 5) is 33.1. The minimum atomic E-state index is -0.387. The van der Waals surface area contributed by atoms with E-state index in [0.717, 1.165) is 10.4 Å². The van der Waals surface area contributed by atoms with Crippen molar-refractivity contribution in [1.29, 1.82) is 0 Å². The van der Waals surface area contributed by atoms with Crippen LogP contribution in [0.3, 0.4) is 0 Å². The quantitative estimate of drug-likeness (QED) is 0.381. The first-order chi connectivity index (χ1) is 13.4. The van der Waals surface area contributed by atoms with Crippen molar-refractivity contribution in [2.24, 2.45) is 0 Å². The van der Waals surface area contributed by atoms with Crippen LogP contribution in [0.4, 0.5) is 5.69 Å². The molecule has 2 heterocycles.